The Morgan fingerprint density at radius 1 is 1.20 bits per heavy atom. The van der Waals surface area contributed by atoms with E-state index in [0.29, 0.717) is 6.04 Å². The summed E-state index contributed by atoms with van der Waals surface area (Å²) in [4.78, 5) is 0. The molecule has 1 aromatic heterocycles. The fourth-order valence-electron chi connectivity index (χ4n) is 3.08. The zero-order chi connectivity index (χ0) is 14.3. The Labute approximate surface area is 121 Å². The number of aromatic nitrogens is 2. The molecule has 0 bridgehead atoms. The third-order valence-electron chi connectivity index (χ3n) is 4.65. The normalized spacial score (nSPS) is 18.7. The van der Waals surface area contributed by atoms with E-state index in [4.69, 9.17) is 5.10 Å². The van der Waals surface area contributed by atoms with Crippen LogP contribution in [0.1, 0.15) is 41.3 Å². The first-order valence-corrected chi connectivity index (χ1v) is 7.42. The number of benzene rings is 1. The van der Waals surface area contributed by atoms with Crippen LogP contribution in [-0.4, -0.2) is 16.3 Å². The topological polar surface area (TPSA) is 29.9 Å². The average molecular weight is 269 g/mol. The lowest BCUT2D eigenvalue weighted by Crippen LogP contribution is -2.13. The summed E-state index contributed by atoms with van der Waals surface area (Å²) < 4.78 is 2.02. The van der Waals surface area contributed by atoms with Crippen LogP contribution in [0.2, 0.25) is 0 Å². The van der Waals surface area contributed by atoms with Crippen LogP contribution in [0.4, 0.5) is 0 Å². The van der Waals surface area contributed by atoms with Gasteiger partial charge in [-0.2, -0.15) is 5.10 Å². The Bertz CT molecular complexity index is 634. The molecule has 0 amide bonds. The van der Waals surface area contributed by atoms with E-state index in [1.165, 1.54) is 46.5 Å². The standard InChI is InChI=1S/C17H23N3/c1-11-7-8-14(13(3)12(11)2)17-10-16(19-20(17)4)15-6-5-9-18-15/h7-8,10,15,18H,5-6,9H2,1-4H3. The van der Waals surface area contributed by atoms with Crippen LogP contribution in [0, 0.1) is 20.8 Å². The van der Waals surface area contributed by atoms with Crippen LogP contribution < -0.4 is 5.32 Å². The minimum Gasteiger partial charge on any atom is -0.309 e. The first kappa shape index (κ1) is 13.4. The number of hydrogen-bond donors (Lipinski definition) is 1. The van der Waals surface area contributed by atoms with Crippen molar-refractivity contribution in [2.24, 2.45) is 7.05 Å². The van der Waals surface area contributed by atoms with Gasteiger partial charge >= 0.3 is 0 Å². The molecule has 3 heteroatoms. The van der Waals surface area contributed by atoms with E-state index in [0.717, 1.165) is 6.54 Å². The van der Waals surface area contributed by atoms with Crippen LogP contribution in [0.5, 0.6) is 0 Å². The smallest absolute Gasteiger partial charge is 0.0800 e. The minimum absolute atomic E-state index is 0.432. The molecule has 0 saturated carbocycles. The van der Waals surface area contributed by atoms with Gasteiger partial charge < -0.3 is 5.32 Å². The number of nitrogens with one attached hydrogen (secondary N) is 1. The van der Waals surface area contributed by atoms with Gasteiger partial charge in [-0.3, -0.25) is 4.68 Å². The molecule has 0 aliphatic carbocycles. The summed E-state index contributed by atoms with van der Waals surface area (Å²) in [6, 6.07) is 7.11. The Kier molecular flexibility index (Phi) is 3.38. The van der Waals surface area contributed by atoms with Gasteiger partial charge in [0.05, 0.1) is 17.4 Å². The van der Waals surface area contributed by atoms with Gasteiger partial charge in [0.1, 0.15) is 0 Å². The molecule has 1 atom stereocenters. The molecular formula is C17H23N3. The minimum atomic E-state index is 0.432. The molecule has 1 unspecified atom stereocenters. The lowest BCUT2D eigenvalue weighted by molar-refractivity contribution is 0.607. The predicted octanol–water partition coefficient (Wildman–Crippen LogP) is 3.44. The van der Waals surface area contributed by atoms with Crippen molar-refractivity contribution in [3.05, 3.63) is 40.6 Å². The SMILES string of the molecule is Cc1ccc(-c2cc(C3CCCN3)nn2C)c(C)c1C. The Morgan fingerprint density at radius 2 is 2.00 bits per heavy atom. The third kappa shape index (κ3) is 2.16. The van der Waals surface area contributed by atoms with E-state index < -0.39 is 0 Å². The average Bonchev–Trinajstić information content (AvgIpc) is 3.06. The third-order valence-corrected chi connectivity index (χ3v) is 4.65. The first-order valence-electron chi connectivity index (χ1n) is 7.42. The number of nitrogens with zero attached hydrogens (tertiary/aromatic N) is 2. The summed E-state index contributed by atoms with van der Waals surface area (Å²) in [6.07, 6.45) is 2.45. The molecule has 1 N–H and O–H groups in total. The van der Waals surface area contributed by atoms with Crippen LogP contribution in [0.25, 0.3) is 11.3 Å². The second kappa shape index (κ2) is 5.06. The van der Waals surface area contributed by atoms with Crippen LogP contribution in [0.3, 0.4) is 0 Å². The lowest BCUT2D eigenvalue weighted by Gasteiger charge is -2.11. The number of hydrogen-bond acceptors (Lipinski definition) is 2. The predicted molar refractivity (Wildman–Crippen MR) is 82.8 cm³/mol. The molecule has 1 saturated heterocycles. The summed E-state index contributed by atoms with van der Waals surface area (Å²) >= 11 is 0. The van der Waals surface area contributed by atoms with Gasteiger partial charge in [-0.25, -0.2) is 0 Å². The molecular weight excluding hydrogens is 246 g/mol. The summed E-state index contributed by atoms with van der Waals surface area (Å²) in [7, 11) is 2.04. The molecule has 1 aliphatic rings. The molecule has 0 spiro atoms. The van der Waals surface area contributed by atoms with E-state index in [9.17, 15) is 0 Å². The van der Waals surface area contributed by atoms with E-state index in [2.05, 4.69) is 44.3 Å². The van der Waals surface area contributed by atoms with Crippen LogP contribution in [0.15, 0.2) is 18.2 Å². The first-order chi connectivity index (χ1) is 9.58. The summed E-state index contributed by atoms with van der Waals surface area (Å²) in [5.74, 6) is 0. The second-order valence-electron chi connectivity index (χ2n) is 5.91. The lowest BCUT2D eigenvalue weighted by atomic mass is 9.96. The Morgan fingerprint density at radius 3 is 2.70 bits per heavy atom. The summed E-state index contributed by atoms with van der Waals surface area (Å²) in [6.45, 7) is 7.69. The molecule has 106 valence electrons. The van der Waals surface area contributed by atoms with Crippen molar-refractivity contribution in [3.8, 4) is 11.3 Å². The highest BCUT2D eigenvalue weighted by Gasteiger charge is 2.21. The highest BCUT2D eigenvalue weighted by Crippen LogP contribution is 2.30. The van der Waals surface area contributed by atoms with Crippen LogP contribution >= 0.6 is 0 Å². The fourth-order valence-corrected chi connectivity index (χ4v) is 3.08. The van der Waals surface area contributed by atoms with E-state index in [1.807, 2.05) is 11.7 Å². The summed E-state index contributed by atoms with van der Waals surface area (Å²) in [5, 5.41) is 8.24. The van der Waals surface area contributed by atoms with E-state index in [-0.39, 0.29) is 0 Å². The molecule has 2 heterocycles. The van der Waals surface area contributed by atoms with Gasteiger partial charge in [0.25, 0.3) is 0 Å². The van der Waals surface area contributed by atoms with Crippen molar-refractivity contribution in [2.45, 2.75) is 39.7 Å². The van der Waals surface area contributed by atoms with Crippen molar-refractivity contribution < 1.29 is 0 Å². The molecule has 0 radical (unpaired) electrons. The van der Waals surface area contributed by atoms with Crippen molar-refractivity contribution in [3.63, 3.8) is 0 Å². The molecule has 1 fully saturated rings. The van der Waals surface area contributed by atoms with Crippen LogP contribution in [-0.2, 0) is 7.05 Å². The molecule has 1 aliphatic heterocycles. The van der Waals surface area contributed by atoms with Crippen molar-refractivity contribution in [1.29, 1.82) is 0 Å². The quantitative estimate of drug-likeness (QED) is 0.905. The molecule has 3 nitrogen and oxygen atoms in total. The largest absolute Gasteiger partial charge is 0.309 e. The van der Waals surface area contributed by atoms with E-state index in [1.54, 1.807) is 0 Å². The zero-order valence-electron chi connectivity index (χ0n) is 12.8. The Hall–Kier alpha value is -1.61. The maximum Gasteiger partial charge on any atom is 0.0800 e. The van der Waals surface area contributed by atoms with Crippen molar-refractivity contribution in [2.75, 3.05) is 6.54 Å². The second-order valence-corrected chi connectivity index (χ2v) is 5.91. The highest BCUT2D eigenvalue weighted by molar-refractivity contribution is 5.66. The maximum atomic E-state index is 4.72. The van der Waals surface area contributed by atoms with Gasteiger partial charge in [0.2, 0.25) is 0 Å². The van der Waals surface area contributed by atoms with Crippen molar-refractivity contribution in [1.82, 2.24) is 15.1 Å². The van der Waals surface area contributed by atoms with E-state index >= 15 is 0 Å². The molecule has 3 rings (SSSR count). The van der Waals surface area contributed by atoms with Gasteiger partial charge in [0.15, 0.2) is 0 Å². The molecule has 20 heavy (non-hydrogen) atoms. The van der Waals surface area contributed by atoms with Crippen molar-refractivity contribution >= 4 is 0 Å². The number of rotatable bonds is 2. The molecule has 2 aromatic rings. The maximum absolute atomic E-state index is 4.72. The molecule has 1 aromatic carbocycles. The van der Waals surface area contributed by atoms with Gasteiger partial charge in [0, 0.05) is 12.6 Å². The fraction of sp³-hybridized carbons (Fsp3) is 0.471. The van der Waals surface area contributed by atoms with Gasteiger partial charge in [-0.1, -0.05) is 12.1 Å². The highest BCUT2D eigenvalue weighted by atomic mass is 15.3. The Balaban J connectivity index is 2.04. The zero-order valence-corrected chi connectivity index (χ0v) is 12.8. The van der Waals surface area contributed by atoms with Gasteiger partial charge in [-0.05, 0) is 62.9 Å². The monoisotopic (exact) mass is 269 g/mol. The van der Waals surface area contributed by atoms with Gasteiger partial charge in [-0.15, -0.1) is 0 Å². The number of aryl methyl sites for hydroxylation is 2. The summed E-state index contributed by atoms with van der Waals surface area (Å²) in [5.41, 5.74) is 7.79.